The van der Waals surface area contributed by atoms with E-state index in [0.29, 0.717) is 0 Å². The standard InChI is InChI=1S/C14H15NO2/c16-9-11-1-5-13(6-2-11)15-14-7-3-12(10-17)4-8-14/h1-8,15-17H,9-10H2. The smallest absolute Gasteiger partial charge is 0.0681 e. The van der Waals surface area contributed by atoms with Crippen LogP contribution in [-0.4, -0.2) is 10.2 Å². The summed E-state index contributed by atoms with van der Waals surface area (Å²) in [7, 11) is 0. The predicted octanol–water partition coefficient (Wildman–Crippen LogP) is 2.41. The van der Waals surface area contributed by atoms with Gasteiger partial charge in [0.15, 0.2) is 0 Å². The number of aliphatic hydroxyl groups is 2. The fraction of sp³-hybridized carbons (Fsp3) is 0.143. The van der Waals surface area contributed by atoms with Crippen LogP contribution in [0, 0.1) is 0 Å². The predicted molar refractivity (Wildman–Crippen MR) is 68.0 cm³/mol. The van der Waals surface area contributed by atoms with Crippen molar-refractivity contribution in [3.05, 3.63) is 59.7 Å². The molecule has 0 aliphatic carbocycles. The molecule has 2 rings (SSSR count). The lowest BCUT2D eigenvalue weighted by atomic mass is 10.2. The Balaban J connectivity index is 2.08. The third-order valence-electron chi connectivity index (χ3n) is 2.56. The van der Waals surface area contributed by atoms with E-state index in [2.05, 4.69) is 5.32 Å². The van der Waals surface area contributed by atoms with Crippen molar-refractivity contribution in [3.63, 3.8) is 0 Å². The normalized spacial score (nSPS) is 10.2. The van der Waals surface area contributed by atoms with Crippen molar-refractivity contribution in [2.24, 2.45) is 0 Å². The van der Waals surface area contributed by atoms with E-state index in [1.165, 1.54) is 0 Å². The van der Waals surface area contributed by atoms with Gasteiger partial charge in [-0.25, -0.2) is 0 Å². The first-order valence-corrected chi connectivity index (χ1v) is 5.48. The Morgan fingerprint density at radius 3 is 1.29 bits per heavy atom. The molecular weight excluding hydrogens is 214 g/mol. The summed E-state index contributed by atoms with van der Waals surface area (Å²) >= 11 is 0. The summed E-state index contributed by atoms with van der Waals surface area (Å²) in [5, 5.41) is 21.1. The van der Waals surface area contributed by atoms with Gasteiger partial charge in [-0.1, -0.05) is 24.3 Å². The van der Waals surface area contributed by atoms with Crippen LogP contribution < -0.4 is 5.32 Å². The number of rotatable bonds is 4. The van der Waals surface area contributed by atoms with E-state index in [9.17, 15) is 0 Å². The van der Waals surface area contributed by atoms with Crippen molar-refractivity contribution in [3.8, 4) is 0 Å². The molecule has 0 saturated carbocycles. The summed E-state index contributed by atoms with van der Waals surface area (Å²) in [5.41, 5.74) is 3.73. The molecule has 0 heterocycles. The van der Waals surface area contributed by atoms with Crippen LogP contribution >= 0.6 is 0 Å². The number of hydrogen-bond donors (Lipinski definition) is 3. The van der Waals surface area contributed by atoms with Crippen LogP contribution in [0.15, 0.2) is 48.5 Å². The average molecular weight is 229 g/mol. The third-order valence-corrected chi connectivity index (χ3v) is 2.56. The molecule has 0 spiro atoms. The zero-order chi connectivity index (χ0) is 12.1. The molecule has 0 amide bonds. The molecule has 0 unspecified atom stereocenters. The molecule has 0 radical (unpaired) electrons. The topological polar surface area (TPSA) is 52.5 Å². The Morgan fingerprint density at radius 1 is 0.647 bits per heavy atom. The van der Waals surface area contributed by atoms with Crippen LogP contribution in [0.1, 0.15) is 11.1 Å². The van der Waals surface area contributed by atoms with Crippen LogP contribution in [0.2, 0.25) is 0 Å². The SMILES string of the molecule is OCc1ccc(Nc2ccc(CO)cc2)cc1. The first-order valence-electron chi connectivity index (χ1n) is 5.48. The van der Waals surface area contributed by atoms with E-state index < -0.39 is 0 Å². The fourth-order valence-electron chi connectivity index (χ4n) is 1.55. The van der Waals surface area contributed by atoms with Gasteiger partial charge in [0, 0.05) is 11.4 Å². The molecule has 0 saturated heterocycles. The van der Waals surface area contributed by atoms with Crippen molar-refractivity contribution in [1.82, 2.24) is 0 Å². The first-order chi connectivity index (χ1) is 8.31. The maximum Gasteiger partial charge on any atom is 0.0681 e. The van der Waals surface area contributed by atoms with Crippen LogP contribution in [0.25, 0.3) is 0 Å². The van der Waals surface area contributed by atoms with Crippen molar-refractivity contribution in [2.45, 2.75) is 13.2 Å². The maximum absolute atomic E-state index is 8.93. The second-order valence-electron chi connectivity index (χ2n) is 3.84. The fourth-order valence-corrected chi connectivity index (χ4v) is 1.55. The van der Waals surface area contributed by atoms with Crippen LogP contribution in [0.5, 0.6) is 0 Å². The lowest BCUT2D eigenvalue weighted by Crippen LogP contribution is -1.91. The minimum Gasteiger partial charge on any atom is -0.392 e. The maximum atomic E-state index is 8.93. The van der Waals surface area contributed by atoms with Gasteiger partial charge in [0.2, 0.25) is 0 Å². The number of anilines is 2. The molecule has 0 aliphatic heterocycles. The Bertz CT molecular complexity index is 417. The molecular formula is C14H15NO2. The number of benzene rings is 2. The molecule has 0 fully saturated rings. The van der Waals surface area contributed by atoms with E-state index in [1.54, 1.807) is 0 Å². The highest BCUT2D eigenvalue weighted by atomic mass is 16.3. The Hall–Kier alpha value is -1.84. The van der Waals surface area contributed by atoms with E-state index in [1.807, 2.05) is 48.5 Å². The van der Waals surface area contributed by atoms with E-state index in [-0.39, 0.29) is 13.2 Å². The van der Waals surface area contributed by atoms with Crippen LogP contribution in [0.4, 0.5) is 11.4 Å². The van der Waals surface area contributed by atoms with Gasteiger partial charge >= 0.3 is 0 Å². The summed E-state index contributed by atoms with van der Waals surface area (Å²) in [6.45, 7) is 0.122. The first kappa shape index (κ1) is 11.6. The molecule has 2 aromatic rings. The number of nitrogens with one attached hydrogen (secondary N) is 1. The highest BCUT2D eigenvalue weighted by molar-refractivity contribution is 5.59. The minimum absolute atomic E-state index is 0.0610. The molecule has 0 bridgehead atoms. The lowest BCUT2D eigenvalue weighted by Gasteiger charge is -2.07. The molecule has 3 N–H and O–H groups in total. The van der Waals surface area contributed by atoms with Crippen LogP contribution in [0.3, 0.4) is 0 Å². The molecule has 17 heavy (non-hydrogen) atoms. The number of hydrogen-bond acceptors (Lipinski definition) is 3. The zero-order valence-electron chi connectivity index (χ0n) is 9.43. The van der Waals surface area contributed by atoms with Gasteiger partial charge in [0.05, 0.1) is 13.2 Å². The highest BCUT2D eigenvalue weighted by Crippen LogP contribution is 2.17. The summed E-state index contributed by atoms with van der Waals surface area (Å²) < 4.78 is 0. The van der Waals surface area contributed by atoms with E-state index in [4.69, 9.17) is 10.2 Å². The van der Waals surface area contributed by atoms with Gasteiger partial charge in [-0.3, -0.25) is 0 Å². The summed E-state index contributed by atoms with van der Waals surface area (Å²) in [6.07, 6.45) is 0. The highest BCUT2D eigenvalue weighted by Gasteiger charge is 1.96. The van der Waals surface area contributed by atoms with Gasteiger partial charge in [-0.2, -0.15) is 0 Å². The van der Waals surface area contributed by atoms with Crippen molar-refractivity contribution in [2.75, 3.05) is 5.32 Å². The second-order valence-corrected chi connectivity index (χ2v) is 3.84. The van der Waals surface area contributed by atoms with Gasteiger partial charge in [0.25, 0.3) is 0 Å². The summed E-state index contributed by atoms with van der Waals surface area (Å²) in [4.78, 5) is 0. The summed E-state index contributed by atoms with van der Waals surface area (Å²) in [6, 6.07) is 15.2. The Kier molecular flexibility index (Phi) is 3.75. The monoisotopic (exact) mass is 229 g/mol. The van der Waals surface area contributed by atoms with Crippen molar-refractivity contribution in [1.29, 1.82) is 0 Å². The Morgan fingerprint density at radius 2 is 1.00 bits per heavy atom. The lowest BCUT2D eigenvalue weighted by molar-refractivity contribution is 0.281. The number of aliphatic hydroxyl groups excluding tert-OH is 2. The molecule has 0 atom stereocenters. The molecule has 2 aromatic carbocycles. The largest absolute Gasteiger partial charge is 0.392 e. The summed E-state index contributed by atoms with van der Waals surface area (Å²) in [5.74, 6) is 0. The molecule has 3 nitrogen and oxygen atoms in total. The minimum atomic E-state index is 0.0610. The molecule has 88 valence electrons. The Labute approximate surface area is 100 Å². The van der Waals surface area contributed by atoms with Gasteiger partial charge < -0.3 is 15.5 Å². The quantitative estimate of drug-likeness (QED) is 0.754. The molecule has 0 aliphatic rings. The van der Waals surface area contributed by atoms with Crippen molar-refractivity contribution < 1.29 is 10.2 Å². The molecule has 0 aromatic heterocycles. The van der Waals surface area contributed by atoms with Gasteiger partial charge in [-0.05, 0) is 35.4 Å². The second kappa shape index (κ2) is 5.48. The van der Waals surface area contributed by atoms with E-state index in [0.717, 1.165) is 22.5 Å². The van der Waals surface area contributed by atoms with Crippen LogP contribution in [-0.2, 0) is 13.2 Å². The average Bonchev–Trinajstić information content (AvgIpc) is 2.40. The van der Waals surface area contributed by atoms with Crippen molar-refractivity contribution >= 4 is 11.4 Å². The zero-order valence-corrected chi connectivity index (χ0v) is 9.43. The molecule has 3 heteroatoms. The van der Waals surface area contributed by atoms with E-state index >= 15 is 0 Å². The van der Waals surface area contributed by atoms with Gasteiger partial charge in [0.1, 0.15) is 0 Å². The third kappa shape index (κ3) is 3.06. The van der Waals surface area contributed by atoms with Gasteiger partial charge in [-0.15, -0.1) is 0 Å².